The minimum Gasteiger partial charge on any atom is -0.559 e. The summed E-state index contributed by atoms with van der Waals surface area (Å²) in [7, 11) is 0. The minimum atomic E-state index is -2.43. The average molecular weight is 262 g/mol. The van der Waals surface area contributed by atoms with Crippen molar-refractivity contribution in [1.82, 2.24) is 4.97 Å². The molecule has 0 saturated carbocycles. The number of anilines is 2. The van der Waals surface area contributed by atoms with E-state index in [9.17, 15) is 15.6 Å². The van der Waals surface area contributed by atoms with Gasteiger partial charge < -0.3 is 10.5 Å². The molecule has 6 heteroatoms. The first-order valence-corrected chi connectivity index (χ1v) is 6.10. The summed E-state index contributed by atoms with van der Waals surface area (Å²) in [4.78, 5) is -0.617. The third kappa shape index (κ3) is 1.86. The number of rotatable bonds is 1. The molecule has 0 amide bonds. The quantitative estimate of drug-likeness (QED) is 0.462. The molecule has 3 N–H and O–H groups in total. The van der Waals surface area contributed by atoms with E-state index in [1.165, 1.54) is 17.8 Å². The smallest absolute Gasteiger partial charge is 0.224 e. The fourth-order valence-corrected chi connectivity index (χ4v) is 2.90. The average Bonchev–Trinajstić information content (AvgIpc) is 2.34. The Morgan fingerprint density at radius 2 is 1.72 bits per heavy atom. The van der Waals surface area contributed by atoms with Crippen molar-refractivity contribution < 1.29 is 10.4 Å². The predicted molar refractivity (Wildman–Crippen MR) is 69.0 cm³/mol. The van der Waals surface area contributed by atoms with E-state index in [1.54, 1.807) is 6.07 Å². The van der Waals surface area contributed by atoms with Gasteiger partial charge in [-0.1, -0.05) is 30.0 Å². The Morgan fingerprint density at radius 1 is 1.00 bits per heavy atom. The number of nitrogens with one attached hydrogen (secondary N) is 1. The van der Waals surface area contributed by atoms with Crippen LogP contribution >= 0.6 is 11.8 Å². The summed E-state index contributed by atoms with van der Waals surface area (Å²) >= 11 is 1.48. The Balaban J connectivity index is 2.14. The normalized spacial score (nSPS) is 13.5. The van der Waals surface area contributed by atoms with Crippen LogP contribution < -0.4 is 10.3 Å². The maximum absolute atomic E-state index is 11.3. The van der Waals surface area contributed by atoms with E-state index in [0.717, 1.165) is 15.5 Å². The van der Waals surface area contributed by atoms with Crippen LogP contribution in [0, 0.1) is 5.21 Å². The van der Waals surface area contributed by atoms with Crippen molar-refractivity contribution in [3.05, 3.63) is 47.7 Å². The first-order valence-electron chi connectivity index (χ1n) is 5.29. The molecule has 0 atom stereocenters. The van der Waals surface area contributed by atoms with Gasteiger partial charge in [-0.25, -0.2) is 0 Å². The summed E-state index contributed by atoms with van der Waals surface area (Å²) in [5.74, 6) is 0. The Hall–Kier alpha value is -1.57. The molecule has 0 aromatic heterocycles. The number of hydrogen-bond donors (Lipinski definition) is 3. The Kier molecular flexibility index (Phi) is 2.54. The van der Waals surface area contributed by atoms with Gasteiger partial charge in [-0.05, 0) is 23.2 Å². The first kappa shape index (κ1) is 11.5. The van der Waals surface area contributed by atoms with Crippen LogP contribution in [0.15, 0.2) is 52.3 Å². The predicted octanol–water partition coefficient (Wildman–Crippen LogP) is 3.48. The van der Waals surface area contributed by atoms with Crippen molar-refractivity contribution in [1.29, 1.82) is 0 Å². The molecule has 1 heterocycles. The van der Waals surface area contributed by atoms with Gasteiger partial charge in [0.15, 0.2) is 0 Å². The van der Waals surface area contributed by atoms with Crippen LogP contribution in [0.4, 0.5) is 17.1 Å². The molecule has 0 unspecified atom stereocenters. The van der Waals surface area contributed by atoms with Crippen LogP contribution in [0.2, 0.25) is 0 Å². The third-order valence-corrected chi connectivity index (χ3v) is 3.82. The molecule has 1 aliphatic rings. The van der Waals surface area contributed by atoms with E-state index in [-0.39, 0.29) is 5.69 Å². The molecule has 0 bridgehead atoms. The second-order valence-electron chi connectivity index (χ2n) is 3.92. The van der Waals surface area contributed by atoms with Gasteiger partial charge in [0.25, 0.3) is 0 Å². The number of benzene rings is 2. The van der Waals surface area contributed by atoms with Crippen LogP contribution in [-0.2, 0) is 0 Å². The highest BCUT2D eigenvalue weighted by atomic mass is 32.2. The molecule has 2 aromatic carbocycles. The lowest BCUT2D eigenvalue weighted by molar-refractivity contribution is -0.252. The molecule has 0 aliphatic carbocycles. The Morgan fingerprint density at radius 3 is 2.50 bits per heavy atom. The lowest BCUT2D eigenvalue weighted by atomic mass is 10.2. The van der Waals surface area contributed by atoms with Crippen LogP contribution in [0.1, 0.15) is 0 Å². The maximum atomic E-state index is 11.3. The molecular formula is C12H10N2O3S. The highest BCUT2D eigenvalue weighted by Gasteiger charge is 2.26. The molecule has 5 nitrogen and oxygen atoms in total. The highest BCUT2D eigenvalue weighted by molar-refractivity contribution is 7.99. The van der Waals surface area contributed by atoms with E-state index in [4.69, 9.17) is 0 Å². The standard InChI is InChI=1S/C12H10N2O3S/c15-14(16,17)9-5-3-7-11-12(9)13-8-4-1-2-6-10(8)18-11/h1-7,13,15-16H. The second-order valence-corrected chi connectivity index (χ2v) is 5.00. The first-order chi connectivity index (χ1) is 8.55. The lowest BCUT2D eigenvalue weighted by Crippen LogP contribution is -2.35. The number of nitrogens with zero attached hydrogens (tertiary/aromatic N) is 1. The van der Waals surface area contributed by atoms with Gasteiger partial charge in [0.1, 0.15) is 5.69 Å². The summed E-state index contributed by atoms with van der Waals surface area (Å²) in [6, 6.07) is 12.4. The largest absolute Gasteiger partial charge is 0.559 e. The van der Waals surface area contributed by atoms with Gasteiger partial charge in [0.2, 0.25) is 5.69 Å². The SMILES string of the molecule is [O-][N+](O)(O)c1cccc2c1Nc1ccccc1S2. The van der Waals surface area contributed by atoms with E-state index in [2.05, 4.69) is 5.32 Å². The van der Waals surface area contributed by atoms with Crippen molar-refractivity contribution in [2.75, 3.05) is 5.32 Å². The van der Waals surface area contributed by atoms with Gasteiger partial charge >= 0.3 is 0 Å². The Bertz CT molecular complexity index is 611. The molecule has 18 heavy (non-hydrogen) atoms. The minimum absolute atomic E-state index is 0.130. The maximum Gasteiger partial charge on any atom is 0.224 e. The number of para-hydroxylation sites is 2. The van der Waals surface area contributed by atoms with Crippen LogP contribution in [0.5, 0.6) is 0 Å². The number of hydrogen-bond acceptors (Lipinski definition) is 5. The number of quaternary nitrogens is 1. The fourth-order valence-electron chi connectivity index (χ4n) is 1.89. The summed E-state index contributed by atoms with van der Waals surface area (Å²) in [5, 5.41) is 32.7. The molecule has 0 radical (unpaired) electrons. The van der Waals surface area contributed by atoms with Crippen molar-refractivity contribution in [3.63, 3.8) is 0 Å². The van der Waals surface area contributed by atoms with Crippen molar-refractivity contribution >= 4 is 28.8 Å². The summed E-state index contributed by atoms with van der Waals surface area (Å²) in [5.41, 5.74) is 1.15. The van der Waals surface area contributed by atoms with E-state index in [0.29, 0.717) is 5.69 Å². The number of fused-ring (bicyclic) bond motifs is 2. The van der Waals surface area contributed by atoms with Gasteiger partial charge in [-0.3, -0.25) is 0 Å². The molecule has 2 aromatic rings. The monoisotopic (exact) mass is 262 g/mol. The molecular weight excluding hydrogens is 252 g/mol. The van der Waals surface area contributed by atoms with E-state index >= 15 is 0 Å². The van der Waals surface area contributed by atoms with Crippen molar-refractivity contribution in [2.24, 2.45) is 0 Å². The summed E-state index contributed by atoms with van der Waals surface area (Å²) in [6.45, 7) is 0. The molecule has 0 spiro atoms. The van der Waals surface area contributed by atoms with Crippen LogP contribution in [-0.4, -0.2) is 10.4 Å². The Labute approximate surface area is 107 Å². The highest BCUT2D eigenvalue weighted by Crippen LogP contribution is 2.48. The van der Waals surface area contributed by atoms with Gasteiger partial charge in [0, 0.05) is 15.9 Å². The lowest BCUT2D eigenvalue weighted by Gasteiger charge is -2.28. The zero-order valence-corrected chi connectivity index (χ0v) is 10.0. The van der Waals surface area contributed by atoms with Crippen LogP contribution in [0.25, 0.3) is 0 Å². The molecule has 92 valence electrons. The molecule has 0 saturated heterocycles. The fraction of sp³-hybridized carbons (Fsp3) is 0. The van der Waals surface area contributed by atoms with Crippen molar-refractivity contribution in [2.45, 2.75) is 9.79 Å². The summed E-state index contributed by atoms with van der Waals surface area (Å²) in [6.07, 6.45) is 0. The van der Waals surface area contributed by atoms with E-state index in [1.807, 2.05) is 30.3 Å². The zero-order valence-electron chi connectivity index (χ0n) is 9.20. The van der Waals surface area contributed by atoms with Gasteiger partial charge in [-0.15, -0.1) is 0 Å². The van der Waals surface area contributed by atoms with E-state index < -0.39 is 4.97 Å². The summed E-state index contributed by atoms with van der Waals surface area (Å²) < 4.78 is 0. The topological polar surface area (TPSA) is 75.5 Å². The van der Waals surface area contributed by atoms with Crippen molar-refractivity contribution in [3.8, 4) is 0 Å². The van der Waals surface area contributed by atoms with Gasteiger partial charge in [-0.2, -0.15) is 10.4 Å². The zero-order chi connectivity index (χ0) is 12.8. The molecule has 3 rings (SSSR count). The molecule has 0 fully saturated rings. The van der Waals surface area contributed by atoms with Gasteiger partial charge in [0.05, 0.1) is 5.69 Å². The second kappa shape index (κ2) is 3.98. The third-order valence-electron chi connectivity index (χ3n) is 2.68. The van der Waals surface area contributed by atoms with Crippen LogP contribution in [0.3, 0.4) is 0 Å². The molecule has 1 aliphatic heterocycles.